The second kappa shape index (κ2) is 19.7. The Morgan fingerprint density at radius 2 is 0.815 bits per heavy atom. The zero-order valence-corrected chi connectivity index (χ0v) is 21.0. The van der Waals surface area contributed by atoms with Crippen molar-refractivity contribution in [3.8, 4) is 0 Å². The van der Waals surface area contributed by atoms with E-state index in [9.17, 15) is 0 Å². The first-order valence-corrected chi connectivity index (χ1v) is 13.6. The van der Waals surface area contributed by atoms with Crippen LogP contribution in [0.2, 0.25) is 0 Å². The molecule has 0 aliphatic carbocycles. The van der Waals surface area contributed by atoms with E-state index in [1.54, 1.807) is 0 Å². The minimum absolute atomic E-state index is 0.611. The largest absolute Gasteiger partial charge is 0.134 e. The quantitative estimate of drug-likeness (QED) is 0.133. The molecule has 0 heterocycles. The lowest BCUT2D eigenvalue weighted by Gasteiger charge is -2.39. The second-order valence-corrected chi connectivity index (χ2v) is 10.1. The summed E-state index contributed by atoms with van der Waals surface area (Å²) < 4.78 is 0. The minimum Gasteiger partial charge on any atom is -0.134 e. The van der Waals surface area contributed by atoms with Crippen LogP contribution in [-0.4, -0.2) is 5.66 Å². The molecule has 2 atom stereocenters. The molecular formula is C26H55P. The minimum atomic E-state index is 0.611. The smallest absolute Gasteiger partial charge is 0.0208 e. The van der Waals surface area contributed by atoms with Crippen molar-refractivity contribution in [2.24, 2.45) is 5.41 Å². The molecule has 0 aromatic carbocycles. The summed E-state index contributed by atoms with van der Waals surface area (Å²) in [5.74, 6) is 0. The fourth-order valence-corrected chi connectivity index (χ4v) is 5.85. The highest BCUT2D eigenvalue weighted by atomic mass is 31.0. The first-order chi connectivity index (χ1) is 13.2. The van der Waals surface area contributed by atoms with Crippen molar-refractivity contribution in [2.45, 2.75) is 162 Å². The average Bonchev–Trinajstić information content (AvgIpc) is 2.65. The third kappa shape index (κ3) is 14.1. The van der Waals surface area contributed by atoms with Gasteiger partial charge in [-0.15, -0.1) is 9.24 Å². The lowest BCUT2D eigenvalue weighted by molar-refractivity contribution is 0.194. The first kappa shape index (κ1) is 27.4. The molecule has 0 nitrogen and oxygen atoms in total. The zero-order chi connectivity index (χ0) is 20.2. The highest BCUT2D eigenvalue weighted by Gasteiger charge is 2.33. The van der Waals surface area contributed by atoms with Gasteiger partial charge in [0.1, 0.15) is 0 Å². The summed E-state index contributed by atoms with van der Waals surface area (Å²) >= 11 is 0. The predicted molar refractivity (Wildman–Crippen MR) is 131 cm³/mol. The molecule has 0 aliphatic rings. The third-order valence-corrected chi connectivity index (χ3v) is 7.69. The molecular weight excluding hydrogens is 343 g/mol. The summed E-state index contributed by atoms with van der Waals surface area (Å²) in [6, 6.07) is 0. The Morgan fingerprint density at radius 1 is 0.481 bits per heavy atom. The molecule has 0 aliphatic heterocycles. The monoisotopic (exact) mass is 398 g/mol. The lowest BCUT2D eigenvalue weighted by Crippen LogP contribution is -2.31. The molecule has 0 spiro atoms. The van der Waals surface area contributed by atoms with Crippen LogP contribution in [0.3, 0.4) is 0 Å². The van der Waals surface area contributed by atoms with Gasteiger partial charge >= 0.3 is 0 Å². The van der Waals surface area contributed by atoms with Crippen molar-refractivity contribution < 1.29 is 0 Å². The lowest BCUT2D eigenvalue weighted by atomic mass is 9.71. The highest BCUT2D eigenvalue weighted by molar-refractivity contribution is 7.17. The van der Waals surface area contributed by atoms with Gasteiger partial charge in [0.25, 0.3) is 0 Å². The number of hydrogen-bond acceptors (Lipinski definition) is 0. The van der Waals surface area contributed by atoms with E-state index in [4.69, 9.17) is 0 Å². The van der Waals surface area contributed by atoms with E-state index in [-0.39, 0.29) is 0 Å². The fourth-order valence-electron chi connectivity index (χ4n) is 5.11. The van der Waals surface area contributed by atoms with E-state index in [1.807, 2.05) is 0 Å². The van der Waals surface area contributed by atoms with E-state index >= 15 is 0 Å². The fraction of sp³-hybridized carbons (Fsp3) is 1.00. The summed E-state index contributed by atoms with van der Waals surface area (Å²) in [7, 11) is 3.27. The van der Waals surface area contributed by atoms with Gasteiger partial charge < -0.3 is 0 Å². The number of unbranched alkanes of at least 4 members (excludes halogenated alkanes) is 12. The maximum Gasteiger partial charge on any atom is -0.0208 e. The Kier molecular flexibility index (Phi) is 20.0. The van der Waals surface area contributed by atoms with Gasteiger partial charge in [0.05, 0.1) is 0 Å². The molecule has 0 N–H and O–H groups in total. The molecule has 27 heavy (non-hydrogen) atoms. The summed E-state index contributed by atoms with van der Waals surface area (Å²) in [5, 5.41) is 0. The molecule has 1 heteroatoms. The molecule has 0 amide bonds. The molecule has 0 radical (unpaired) electrons. The Balaban J connectivity index is 3.72. The Labute approximate surface area is 176 Å². The first-order valence-electron chi connectivity index (χ1n) is 12.9. The number of hydrogen-bond donors (Lipinski definition) is 0. The van der Waals surface area contributed by atoms with E-state index in [0.29, 0.717) is 5.41 Å². The van der Waals surface area contributed by atoms with Gasteiger partial charge in [-0.3, -0.25) is 0 Å². The van der Waals surface area contributed by atoms with Gasteiger partial charge in [0.2, 0.25) is 0 Å². The van der Waals surface area contributed by atoms with Crippen LogP contribution in [0, 0.1) is 5.41 Å². The van der Waals surface area contributed by atoms with Crippen molar-refractivity contribution >= 4 is 9.24 Å². The summed E-state index contributed by atoms with van der Waals surface area (Å²) in [5.41, 5.74) is 1.45. The summed E-state index contributed by atoms with van der Waals surface area (Å²) in [6.45, 7) is 9.44. The molecule has 0 aromatic rings. The maximum atomic E-state index is 3.27. The molecule has 0 saturated carbocycles. The standard InChI is InChI=1S/C26H55P/c1-5-9-10-11-12-13-14-15-16-17-18-19-20-21-25(27)26(22-6-2,23-7-3)24-8-4/h25H,5-24,27H2,1-4H3. The van der Waals surface area contributed by atoms with Gasteiger partial charge in [0.15, 0.2) is 0 Å². The van der Waals surface area contributed by atoms with Gasteiger partial charge in [-0.1, -0.05) is 130 Å². The molecule has 0 fully saturated rings. The molecule has 0 bridgehead atoms. The topological polar surface area (TPSA) is 0 Å². The molecule has 0 rings (SSSR count). The molecule has 0 saturated heterocycles. The van der Waals surface area contributed by atoms with Crippen LogP contribution < -0.4 is 0 Å². The van der Waals surface area contributed by atoms with Gasteiger partial charge in [-0.2, -0.15) is 0 Å². The van der Waals surface area contributed by atoms with Crippen LogP contribution in [0.4, 0.5) is 0 Å². The van der Waals surface area contributed by atoms with Crippen molar-refractivity contribution in [1.29, 1.82) is 0 Å². The SMILES string of the molecule is CCCCCCCCCCCCCCCC(P)C(CCC)(CCC)CCC. The predicted octanol–water partition coefficient (Wildman–Crippen LogP) is 10.1. The molecule has 2 unspecified atom stereocenters. The average molecular weight is 399 g/mol. The van der Waals surface area contributed by atoms with Crippen molar-refractivity contribution in [2.75, 3.05) is 0 Å². The van der Waals surface area contributed by atoms with E-state index in [2.05, 4.69) is 36.9 Å². The Hall–Kier alpha value is 0.430. The van der Waals surface area contributed by atoms with Gasteiger partial charge in [-0.25, -0.2) is 0 Å². The van der Waals surface area contributed by atoms with Crippen LogP contribution >= 0.6 is 9.24 Å². The second-order valence-electron chi connectivity index (χ2n) is 9.25. The molecule has 0 aromatic heterocycles. The summed E-state index contributed by atoms with van der Waals surface area (Å²) in [4.78, 5) is 0. The third-order valence-electron chi connectivity index (χ3n) is 6.65. The zero-order valence-electron chi connectivity index (χ0n) is 19.8. The van der Waals surface area contributed by atoms with Crippen molar-refractivity contribution in [3.63, 3.8) is 0 Å². The van der Waals surface area contributed by atoms with Gasteiger partial charge in [-0.05, 0) is 36.8 Å². The van der Waals surface area contributed by atoms with Crippen LogP contribution in [0.1, 0.15) is 156 Å². The van der Waals surface area contributed by atoms with Crippen LogP contribution in [0.5, 0.6) is 0 Å². The van der Waals surface area contributed by atoms with E-state index in [0.717, 1.165) is 5.66 Å². The van der Waals surface area contributed by atoms with Crippen molar-refractivity contribution in [3.05, 3.63) is 0 Å². The van der Waals surface area contributed by atoms with Crippen molar-refractivity contribution in [1.82, 2.24) is 0 Å². The van der Waals surface area contributed by atoms with Gasteiger partial charge in [0, 0.05) is 0 Å². The highest BCUT2D eigenvalue weighted by Crippen LogP contribution is 2.44. The van der Waals surface area contributed by atoms with Crippen LogP contribution in [-0.2, 0) is 0 Å². The Morgan fingerprint density at radius 3 is 1.15 bits per heavy atom. The van der Waals surface area contributed by atoms with Crippen LogP contribution in [0.25, 0.3) is 0 Å². The Bertz CT molecular complexity index is 269. The maximum absolute atomic E-state index is 3.27. The number of rotatable bonds is 21. The van der Waals surface area contributed by atoms with E-state index in [1.165, 1.54) is 128 Å². The molecule has 164 valence electrons. The van der Waals surface area contributed by atoms with Crippen LogP contribution in [0.15, 0.2) is 0 Å². The summed E-state index contributed by atoms with van der Waals surface area (Å²) in [6.07, 6.45) is 28.8. The normalized spacial score (nSPS) is 13.2. The van der Waals surface area contributed by atoms with E-state index < -0.39 is 0 Å².